The van der Waals surface area contributed by atoms with Gasteiger partial charge in [0, 0.05) is 6.61 Å². The van der Waals surface area contributed by atoms with Gasteiger partial charge in [0.2, 0.25) is 0 Å². The van der Waals surface area contributed by atoms with Crippen LogP contribution in [0.4, 0.5) is 0 Å². The molecule has 1 N–H and O–H groups in total. The van der Waals surface area contributed by atoms with Gasteiger partial charge in [-0.15, -0.1) is 0 Å². The van der Waals surface area contributed by atoms with E-state index < -0.39 is 0 Å². The second-order valence-corrected chi connectivity index (χ2v) is 7.36. The lowest BCUT2D eigenvalue weighted by atomic mass is 9.69. The van der Waals surface area contributed by atoms with Crippen LogP contribution in [-0.2, 0) is 4.74 Å². The molecule has 4 atom stereocenters. The standard InChI is InChI=1S/C18H35NO/c1-4-19-13-17-8-7-15(14(2)3)12-16(17)9-10-18-6-5-11-20-18/h14-19H,4-13H2,1-3H3. The smallest absolute Gasteiger partial charge is 0.0576 e. The molecule has 0 aromatic carbocycles. The van der Waals surface area contributed by atoms with Gasteiger partial charge in [-0.1, -0.05) is 20.8 Å². The van der Waals surface area contributed by atoms with Crippen molar-refractivity contribution in [2.24, 2.45) is 23.7 Å². The second kappa shape index (κ2) is 8.38. The van der Waals surface area contributed by atoms with Crippen LogP contribution in [0.3, 0.4) is 0 Å². The normalized spacial score (nSPS) is 34.8. The highest BCUT2D eigenvalue weighted by Gasteiger charge is 2.32. The van der Waals surface area contributed by atoms with Crippen molar-refractivity contribution in [1.29, 1.82) is 0 Å². The lowest BCUT2D eigenvalue weighted by Gasteiger charge is -2.38. The zero-order chi connectivity index (χ0) is 14.4. The highest BCUT2D eigenvalue weighted by atomic mass is 16.5. The van der Waals surface area contributed by atoms with E-state index in [1.54, 1.807) is 0 Å². The largest absolute Gasteiger partial charge is 0.378 e. The Labute approximate surface area is 126 Å². The molecule has 2 fully saturated rings. The third kappa shape index (κ3) is 4.73. The summed E-state index contributed by atoms with van der Waals surface area (Å²) in [6, 6.07) is 0. The van der Waals surface area contributed by atoms with Crippen molar-refractivity contribution in [1.82, 2.24) is 5.32 Å². The minimum Gasteiger partial charge on any atom is -0.378 e. The summed E-state index contributed by atoms with van der Waals surface area (Å²) in [6.45, 7) is 10.4. The Morgan fingerprint density at radius 2 is 1.95 bits per heavy atom. The van der Waals surface area contributed by atoms with Crippen LogP contribution in [0, 0.1) is 23.7 Å². The number of hydrogen-bond donors (Lipinski definition) is 1. The molecule has 1 aliphatic heterocycles. The molecule has 4 unspecified atom stereocenters. The van der Waals surface area contributed by atoms with Crippen molar-refractivity contribution < 1.29 is 4.74 Å². The maximum Gasteiger partial charge on any atom is 0.0576 e. The average molecular weight is 281 g/mol. The van der Waals surface area contributed by atoms with E-state index in [-0.39, 0.29) is 0 Å². The van der Waals surface area contributed by atoms with Crippen LogP contribution in [0.5, 0.6) is 0 Å². The first kappa shape index (κ1) is 16.3. The summed E-state index contributed by atoms with van der Waals surface area (Å²) in [4.78, 5) is 0. The molecule has 118 valence electrons. The number of rotatable bonds is 7. The monoisotopic (exact) mass is 281 g/mol. The number of nitrogens with one attached hydrogen (secondary N) is 1. The minimum atomic E-state index is 0.578. The van der Waals surface area contributed by atoms with Gasteiger partial charge in [-0.2, -0.15) is 0 Å². The first-order valence-electron chi connectivity index (χ1n) is 9.03. The van der Waals surface area contributed by atoms with E-state index in [0.717, 1.165) is 36.8 Å². The maximum atomic E-state index is 5.82. The van der Waals surface area contributed by atoms with Crippen molar-refractivity contribution >= 4 is 0 Å². The maximum absolute atomic E-state index is 5.82. The van der Waals surface area contributed by atoms with Crippen LogP contribution in [0.15, 0.2) is 0 Å². The lowest BCUT2D eigenvalue weighted by molar-refractivity contribution is 0.0796. The van der Waals surface area contributed by atoms with Crippen molar-refractivity contribution in [3.05, 3.63) is 0 Å². The highest BCUT2D eigenvalue weighted by Crippen LogP contribution is 2.40. The van der Waals surface area contributed by atoms with E-state index >= 15 is 0 Å². The number of hydrogen-bond acceptors (Lipinski definition) is 2. The first-order valence-corrected chi connectivity index (χ1v) is 9.03. The van der Waals surface area contributed by atoms with E-state index in [1.807, 2.05) is 0 Å². The Balaban J connectivity index is 1.83. The van der Waals surface area contributed by atoms with Gasteiger partial charge in [0.05, 0.1) is 6.10 Å². The summed E-state index contributed by atoms with van der Waals surface area (Å²) in [5.41, 5.74) is 0. The molecule has 0 aromatic heterocycles. The Morgan fingerprint density at radius 3 is 2.60 bits per heavy atom. The molecule has 1 saturated carbocycles. The predicted octanol–water partition coefficient (Wildman–Crippen LogP) is 4.24. The number of ether oxygens (including phenoxy) is 1. The molecule has 20 heavy (non-hydrogen) atoms. The summed E-state index contributed by atoms with van der Waals surface area (Å²) < 4.78 is 5.82. The molecule has 2 heteroatoms. The third-order valence-corrected chi connectivity index (χ3v) is 5.66. The van der Waals surface area contributed by atoms with Crippen LogP contribution in [0.1, 0.15) is 65.7 Å². The summed E-state index contributed by atoms with van der Waals surface area (Å²) in [6.07, 6.45) is 10.2. The van der Waals surface area contributed by atoms with Crippen LogP contribution < -0.4 is 5.32 Å². The van der Waals surface area contributed by atoms with Crippen molar-refractivity contribution in [3.63, 3.8) is 0 Å². The zero-order valence-corrected chi connectivity index (χ0v) is 13.9. The van der Waals surface area contributed by atoms with Crippen LogP contribution in [-0.4, -0.2) is 25.8 Å². The van der Waals surface area contributed by atoms with Gasteiger partial charge in [-0.3, -0.25) is 0 Å². The predicted molar refractivity (Wildman–Crippen MR) is 85.9 cm³/mol. The SMILES string of the molecule is CCNCC1CCC(C(C)C)CC1CCC1CCCO1. The van der Waals surface area contributed by atoms with Crippen LogP contribution >= 0.6 is 0 Å². The molecule has 2 rings (SSSR count). The van der Waals surface area contributed by atoms with Gasteiger partial charge in [0.15, 0.2) is 0 Å². The molecule has 0 radical (unpaired) electrons. The molecule has 0 spiro atoms. The topological polar surface area (TPSA) is 21.3 Å². The minimum absolute atomic E-state index is 0.578. The molecular weight excluding hydrogens is 246 g/mol. The second-order valence-electron chi connectivity index (χ2n) is 7.36. The van der Waals surface area contributed by atoms with Crippen molar-refractivity contribution in [2.45, 2.75) is 71.8 Å². The van der Waals surface area contributed by atoms with Gasteiger partial charge < -0.3 is 10.1 Å². The fourth-order valence-electron chi connectivity index (χ4n) is 4.19. The fraction of sp³-hybridized carbons (Fsp3) is 1.00. The Morgan fingerprint density at radius 1 is 1.10 bits per heavy atom. The molecule has 0 aromatic rings. The molecule has 1 heterocycles. The molecule has 2 aliphatic rings. The highest BCUT2D eigenvalue weighted by molar-refractivity contribution is 4.83. The quantitative estimate of drug-likeness (QED) is 0.753. The van der Waals surface area contributed by atoms with Gasteiger partial charge in [-0.05, 0) is 81.7 Å². The molecule has 1 saturated heterocycles. The molecule has 1 aliphatic carbocycles. The van der Waals surface area contributed by atoms with Crippen molar-refractivity contribution in [2.75, 3.05) is 19.7 Å². The fourth-order valence-corrected chi connectivity index (χ4v) is 4.19. The first-order chi connectivity index (χ1) is 9.70. The summed E-state index contributed by atoms with van der Waals surface area (Å²) >= 11 is 0. The van der Waals surface area contributed by atoms with E-state index in [1.165, 1.54) is 51.5 Å². The van der Waals surface area contributed by atoms with Gasteiger partial charge >= 0.3 is 0 Å². The van der Waals surface area contributed by atoms with E-state index in [0.29, 0.717) is 6.10 Å². The van der Waals surface area contributed by atoms with Crippen LogP contribution in [0.2, 0.25) is 0 Å². The summed E-state index contributed by atoms with van der Waals surface area (Å²) in [5, 5.41) is 3.59. The zero-order valence-electron chi connectivity index (χ0n) is 13.9. The third-order valence-electron chi connectivity index (χ3n) is 5.66. The lowest BCUT2D eigenvalue weighted by Crippen LogP contribution is -2.34. The molecular formula is C18H35NO. The summed E-state index contributed by atoms with van der Waals surface area (Å²) in [7, 11) is 0. The Kier molecular flexibility index (Phi) is 6.83. The van der Waals surface area contributed by atoms with E-state index in [9.17, 15) is 0 Å². The average Bonchev–Trinajstić information content (AvgIpc) is 2.96. The van der Waals surface area contributed by atoms with Crippen molar-refractivity contribution in [3.8, 4) is 0 Å². The van der Waals surface area contributed by atoms with Gasteiger partial charge in [0.25, 0.3) is 0 Å². The van der Waals surface area contributed by atoms with Crippen LogP contribution in [0.25, 0.3) is 0 Å². The Bertz CT molecular complexity index is 260. The van der Waals surface area contributed by atoms with Gasteiger partial charge in [0.1, 0.15) is 0 Å². The summed E-state index contributed by atoms with van der Waals surface area (Å²) in [5.74, 6) is 3.66. The molecule has 2 nitrogen and oxygen atoms in total. The van der Waals surface area contributed by atoms with Gasteiger partial charge in [-0.25, -0.2) is 0 Å². The van der Waals surface area contributed by atoms with E-state index in [2.05, 4.69) is 26.1 Å². The molecule has 0 bridgehead atoms. The Hall–Kier alpha value is -0.0800. The molecule has 0 amide bonds. The van der Waals surface area contributed by atoms with E-state index in [4.69, 9.17) is 4.74 Å².